The van der Waals surface area contributed by atoms with E-state index >= 15 is 0 Å². The number of aromatic nitrogens is 1. The van der Waals surface area contributed by atoms with Crippen LogP contribution in [0.2, 0.25) is 5.02 Å². The van der Waals surface area contributed by atoms with Crippen LogP contribution in [0.15, 0.2) is 30.3 Å². The molecule has 0 saturated carbocycles. The van der Waals surface area contributed by atoms with Crippen LogP contribution in [0.25, 0.3) is 0 Å². The van der Waals surface area contributed by atoms with Crippen molar-refractivity contribution in [1.29, 1.82) is 5.41 Å². The fourth-order valence-electron chi connectivity index (χ4n) is 3.54. The number of carbonyl (C=O) groups excluding carboxylic acids is 2. The van der Waals surface area contributed by atoms with Gasteiger partial charge in [0, 0.05) is 18.8 Å². The monoisotopic (exact) mass is 459 g/mol. The molecule has 0 radical (unpaired) electrons. The number of anilines is 2. The number of hydrogen-bond donors (Lipinski definition) is 3. The van der Waals surface area contributed by atoms with Crippen LogP contribution in [0.5, 0.6) is 0 Å². The van der Waals surface area contributed by atoms with Gasteiger partial charge in [-0.05, 0) is 56.5 Å². The predicted octanol–water partition coefficient (Wildman–Crippen LogP) is 4.38. The molecular formula is C23H27ClFN5O2. The van der Waals surface area contributed by atoms with E-state index in [1.165, 1.54) is 17.0 Å². The summed E-state index contributed by atoms with van der Waals surface area (Å²) >= 11 is 5.77. The Bertz CT molecular complexity index is 1070. The maximum atomic E-state index is 13.9. The van der Waals surface area contributed by atoms with Crippen LogP contribution in [0.3, 0.4) is 0 Å². The first-order valence-corrected chi connectivity index (χ1v) is 10.8. The van der Waals surface area contributed by atoms with Gasteiger partial charge in [0.2, 0.25) is 5.91 Å². The molecule has 7 nitrogen and oxygen atoms in total. The van der Waals surface area contributed by atoms with Gasteiger partial charge in [0.05, 0.1) is 16.4 Å². The quantitative estimate of drug-likeness (QED) is 0.558. The van der Waals surface area contributed by atoms with Crippen molar-refractivity contribution < 1.29 is 14.0 Å². The Morgan fingerprint density at radius 1 is 1.34 bits per heavy atom. The maximum absolute atomic E-state index is 13.9. The minimum absolute atomic E-state index is 0.00979. The summed E-state index contributed by atoms with van der Waals surface area (Å²) in [7, 11) is 0. The molecular weight excluding hydrogens is 433 g/mol. The van der Waals surface area contributed by atoms with E-state index < -0.39 is 11.4 Å². The van der Waals surface area contributed by atoms with Crippen molar-refractivity contribution in [3.63, 3.8) is 0 Å². The number of rotatable bonds is 6. The average Bonchev–Trinajstić information content (AvgIpc) is 2.72. The SMILES string of the molecule is CC(C)CC(=N)c1nc(C(=O)N2CCNC(=O)C2(C)C)ccc1Nc1ccc(Cl)c(F)c1. The van der Waals surface area contributed by atoms with Crippen LogP contribution in [0.1, 0.15) is 50.3 Å². The topological polar surface area (TPSA) is 98.2 Å². The Balaban J connectivity index is 1.98. The van der Waals surface area contributed by atoms with E-state index in [9.17, 15) is 14.0 Å². The molecule has 3 rings (SSSR count). The summed E-state index contributed by atoms with van der Waals surface area (Å²) < 4.78 is 13.9. The zero-order chi connectivity index (χ0) is 23.6. The van der Waals surface area contributed by atoms with Crippen molar-refractivity contribution in [3.05, 3.63) is 52.6 Å². The number of pyridine rings is 1. The lowest BCUT2D eigenvalue weighted by atomic mass is 9.98. The van der Waals surface area contributed by atoms with Gasteiger partial charge in [-0.1, -0.05) is 25.4 Å². The molecule has 1 saturated heterocycles. The van der Waals surface area contributed by atoms with E-state index in [2.05, 4.69) is 15.6 Å². The Labute approximate surface area is 191 Å². The number of nitrogens with zero attached hydrogens (tertiary/aromatic N) is 2. The molecule has 0 atom stereocenters. The number of halogens is 2. The fourth-order valence-corrected chi connectivity index (χ4v) is 3.65. The normalized spacial score (nSPS) is 15.5. The standard InChI is InChI=1S/C23H27ClFN5O2/c1-13(2)11-17(26)20-18(28-14-5-6-15(24)16(25)12-14)7-8-19(29-20)21(31)30-10-9-27-22(32)23(30,3)4/h5-8,12-13,26,28H,9-11H2,1-4H3,(H,27,32). The van der Waals surface area contributed by atoms with Crippen molar-refractivity contribution in [3.8, 4) is 0 Å². The number of nitrogens with one attached hydrogen (secondary N) is 3. The van der Waals surface area contributed by atoms with Gasteiger partial charge in [-0.25, -0.2) is 9.37 Å². The minimum atomic E-state index is -1.01. The smallest absolute Gasteiger partial charge is 0.273 e. The Hall–Kier alpha value is -3.00. The molecule has 3 N–H and O–H groups in total. The average molecular weight is 460 g/mol. The first-order chi connectivity index (χ1) is 15.0. The van der Waals surface area contributed by atoms with Crippen molar-refractivity contribution in [2.75, 3.05) is 18.4 Å². The second-order valence-electron chi connectivity index (χ2n) is 8.69. The lowest BCUT2D eigenvalue weighted by Crippen LogP contribution is -2.63. The first kappa shape index (κ1) is 23.7. The first-order valence-electron chi connectivity index (χ1n) is 10.4. The van der Waals surface area contributed by atoms with Gasteiger partial charge < -0.3 is 20.9 Å². The van der Waals surface area contributed by atoms with Crippen LogP contribution in [0.4, 0.5) is 15.8 Å². The Morgan fingerprint density at radius 3 is 2.72 bits per heavy atom. The van der Waals surface area contributed by atoms with Crippen molar-refractivity contribution in [2.45, 2.75) is 39.7 Å². The van der Waals surface area contributed by atoms with Crippen LogP contribution in [0, 0.1) is 17.1 Å². The van der Waals surface area contributed by atoms with Gasteiger partial charge in [0.15, 0.2) is 0 Å². The predicted molar refractivity (Wildman–Crippen MR) is 123 cm³/mol. The molecule has 0 unspecified atom stereocenters. The molecule has 0 aliphatic carbocycles. The third kappa shape index (κ3) is 4.91. The molecule has 2 heterocycles. The summed E-state index contributed by atoms with van der Waals surface area (Å²) in [4.78, 5) is 31.5. The van der Waals surface area contributed by atoms with Crippen molar-refractivity contribution in [1.82, 2.24) is 15.2 Å². The molecule has 1 aliphatic rings. The molecule has 2 aromatic rings. The number of carbonyl (C=O) groups is 2. The third-order valence-electron chi connectivity index (χ3n) is 5.31. The number of piperazine rings is 1. The second kappa shape index (κ2) is 9.24. The lowest BCUT2D eigenvalue weighted by molar-refractivity contribution is -0.133. The van der Waals surface area contributed by atoms with Gasteiger partial charge in [0.25, 0.3) is 5.91 Å². The highest BCUT2D eigenvalue weighted by molar-refractivity contribution is 6.30. The van der Waals surface area contributed by atoms with Gasteiger partial charge in [-0.2, -0.15) is 0 Å². The summed E-state index contributed by atoms with van der Waals surface area (Å²) in [5.74, 6) is -0.976. The third-order valence-corrected chi connectivity index (χ3v) is 5.61. The fraction of sp³-hybridized carbons (Fsp3) is 0.391. The molecule has 2 amide bonds. The van der Waals surface area contributed by atoms with E-state index in [0.717, 1.165) is 0 Å². The maximum Gasteiger partial charge on any atom is 0.273 e. The molecule has 1 aromatic carbocycles. The zero-order valence-corrected chi connectivity index (χ0v) is 19.3. The van der Waals surface area contributed by atoms with Gasteiger partial charge in [0.1, 0.15) is 22.7 Å². The summed E-state index contributed by atoms with van der Waals surface area (Å²) in [6, 6.07) is 7.51. The highest BCUT2D eigenvalue weighted by Gasteiger charge is 2.41. The highest BCUT2D eigenvalue weighted by Crippen LogP contribution is 2.27. The zero-order valence-electron chi connectivity index (χ0n) is 18.6. The second-order valence-corrected chi connectivity index (χ2v) is 9.10. The molecule has 0 spiro atoms. The van der Waals surface area contributed by atoms with E-state index in [1.54, 1.807) is 32.0 Å². The summed E-state index contributed by atoms with van der Waals surface area (Å²) in [6.07, 6.45) is 0.450. The largest absolute Gasteiger partial charge is 0.354 e. The van der Waals surface area contributed by atoms with Crippen molar-refractivity contribution in [2.24, 2.45) is 5.92 Å². The van der Waals surface area contributed by atoms with Gasteiger partial charge >= 0.3 is 0 Å². The molecule has 1 fully saturated rings. The highest BCUT2D eigenvalue weighted by atomic mass is 35.5. The summed E-state index contributed by atoms with van der Waals surface area (Å²) in [5, 5.41) is 14.4. The molecule has 1 aromatic heterocycles. The number of benzene rings is 1. The van der Waals surface area contributed by atoms with Crippen LogP contribution in [-0.2, 0) is 4.79 Å². The van der Waals surface area contributed by atoms with E-state index in [-0.39, 0.29) is 34.2 Å². The number of amides is 2. The summed E-state index contributed by atoms with van der Waals surface area (Å²) in [6.45, 7) is 8.08. The minimum Gasteiger partial charge on any atom is -0.354 e. The Morgan fingerprint density at radius 2 is 2.06 bits per heavy atom. The van der Waals surface area contributed by atoms with Crippen LogP contribution >= 0.6 is 11.6 Å². The van der Waals surface area contributed by atoms with Gasteiger partial charge in [-0.3, -0.25) is 9.59 Å². The van der Waals surface area contributed by atoms with E-state index in [4.69, 9.17) is 17.0 Å². The molecule has 9 heteroatoms. The van der Waals surface area contributed by atoms with E-state index in [0.29, 0.717) is 36.6 Å². The van der Waals surface area contributed by atoms with Crippen LogP contribution in [-0.4, -0.2) is 46.0 Å². The van der Waals surface area contributed by atoms with Gasteiger partial charge in [-0.15, -0.1) is 0 Å². The summed E-state index contributed by atoms with van der Waals surface area (Å²) in [5.41, 5.74) is 0.607. The lowest BCUT2D eigenvalue weighted by Gasteiger charge is -2.41. The number of hydrogen-bond acceptors (Lipinski definition) is 5. The van der Waals surface area contributed by atoms with Crippen LogP contribution < -0.4 is 10.6 Å². The Kier molecular flexibility index (Phi) is 6.83. The molecule has 32 heavy (non-hydrogen) atoms. The van der Waals surface area contributed by atoms with Crippen molar-refractivity contribution >= 4 is 40.5 Å². The van der Waals surface area contributed by atoms with E-state index in [1.807, 2.05) is 13.8 Å². The molecule has 170 valence electrons. The molecule has 1 aliphatic heterocycles. The molecule has 0 bridgehead atoms.